The molecular formula is C45H55NO5. The number of allylic oxidation sites excluding steroid dienone is 6. The summed E-state index contributed by atoms with van der Waals surface area (Å²) in [6, 6.07) is 2.34. The van der Waals surface area contributed by atoms with Crippen molar-refractivity contribution in [2.24, 2.45) is 39.9 Å². The molecule has 2 fully saturated rings. The third-order valence-corrected chi connectivity index (χ3v) is 15.3. The number of likely N-dealkylation sites (N-methyl/N-ethyl adjacent to an activating group) is 1. The third-order valence-electron chi connectivity index (χ3n) is 15.3. The second-order valence-corrected chi connectivity index (χ2v) is 18.7. The van der Waals surface area contributed by atoms with Crippen molar-refractivity contribution < 1.29 is 24.2 Å². The van der Waals surface area contributed by atoms with Crippen LogP contribution in [0.25, 0.3) is 11.1 Å². The Kier molecular flexibility index (Phi) is 7.23. The lowest BCUT2D eigenvalue weighted by atomic mass is 9.39. The van der Waals surface area contributed by atoms with E-state index < -0.39 is 22.7 Å². The standard InChI is InChI=1S/C45H55NO5/c1-22(2)31-34-32-25(20-26-28-21-41(4,5)51-42(6,7)37(28)39(49)33(26)35(32)38(31)48)27-19-24-14-15-29-43(8,17-12-13-23(3)40(50)46-11)30(47)16-18-44(29,9)45(24,10)36(27)34/h12-13,17,20-21,24,29,31,34,37,39,49H,1,14-16,18-19H2,2-11H3,(H,46,50)/b17-12+,23-13+/t24?,29-,31+,34?,37?,39+,43-,44-,45+/m0/s1. The zero-order chi connectivity index (χ0) is 37.0. The van der Waals surface area contributed by atoms with Gasteiger partial charge in [0.15, 0.2) is 5.78 Å². The number of hydrogen-bond donors (Lipinski definition) is 2. The summed E-state index contributed by atoms with van der Waals surface area (Å²) in [4.78, 5) is 41.1. The molecule has 6 nitrogen and oxygen atoms in total. The Balaban J connectivity index is 1.30. The number of aliphatic hydroxyl groups is 1. The largest absolute Gasteiger partial charge is 0.388 e. The van der Waals surface area contributed by atoms with Crippen LogP contribution >= 0.6 is 0 Å². The predicted octanol–water partition coefficient (Wildman–Crippen LogP) is 8.62. The number of rotatable bonds is 4. The van der Waals surface area contributed by atoms with Crippen molar-refractivity contribution in [1.82, 2.24) is 5.32 Å². The molecular weight excluding hydrogens is 634 g/mol. The van der Waals surface area contributed by atoms with Gasteiger partial charge in [-0.3, -0.25) is 14.4 Å². The van der Waals surface area contributed by atoms with Gasteiger partial charge < -0.3 is 15.2 Å². The number of ketones is 2. The van der Waals surface area contributed by atoms with Crippen LogP contribution in [0.2, 0.25) is 0 Å². The summed E-state index contributed by atoms with van der Waals surface area (Å²) in [6.07, 6.45) is 11.4. The molecule has 9 atom stereocenters. The number of carbonyl (C=O) groups is 3. The first-order chi connectivity index (χ1) is 23.7. The number of fused-ring (bicyclic) bond motifs is 10. The Morgan fingerprint density at radius 1 is 1.04 bits per heavy atom. The van der Waals surface area contributed by atoms with Gasteiger partial charge in [0, 0.05) is 41.9 Å². The molecule has 270 valence electrons. The van der Waals surface area contributed by atoms with E-state index in [2.05, 4.69) is 78.6 Å². The molecule has 6 heteroatoms. The van der Waals surface area contributed by atoms with Crippen LogP contribution in [0.15, 0.2) is 53.7 Å². The maximum absolute atomic E-state index is 14.9. The first-order valence-corrected chi connectivity index (χ1v) is 19.1. The zero-order valence-corrected chi connectivity index (χ0v) is 32.2. The van der Waals surface area contributed by atoms with Gasteiger partial charge in [-0.2, -0.15) is 0 Å². The number of benzene rings is 1. The molecule has 6 aliphatic carbocycles. The Labute approximate surface area is 303 Å². The highest BCUT2D eigenvalue weighted by Gasteiger charge is 2.70. The number of ether oxygens (including phenoxy) is 1. The van der Waals surface area contributed by atoms with E-state index in [0.29, 0.717) is 17.9 Å². The van der Waals surface area contributed by atoms with E-state index in [1.54, 1.807) is 14.0 Å². The quantitative estimate of drug-likeness (QED) is 0.188. The van der Waals surface area contributed by atoms with Gasteiger partial charge in [0.1, 0.15) is 5.78 Å². The Hall–Kier alpha value is -3.35. The average Bonchev–Trinajstić information content (AvgIpc) is 3.71. The summed E-state index contributed by atoms with van der Waals surface area (Å²) < 4.78 is 6.54. The smallest absolute Gasteiger partial charge is 0.246 e. The van der Waals surface area contributed by atoms with Crippen molar-refractivity contribution in [2.75, 3.05) is 7.05 Å². The minimum absolute atomic E-state index is 0.0952. The summed E-state index contributed by atoms with van der Waals surface area (Å²) in [5.74, 6) is 0.0113. The van der Waals surface area contributed by atoms with Crippen LogP contribution in [0.3, 0.4) is 0 Å². The number of nitrogens with one attached hydrogen (secondary N) is 1. The minimum atomic E-state index is -0.834. The van der Waals surface area contributed by atoms with Crippen LogP contribution < -0.4 is 5.32 Å². The molecule has 1 aromatic rings. The van der Waals surface area contributed by atoms with E-state index in [1.165, 1.54) is 16.7 Å². The van der Waals surface area contributed by atoms with Crippen molar-refractivity contribution >= 4 is 28.6 Å². The van der Waals surface area contributed by atoms with Gasteiger partial charge in [-0.05, 0) is 142 Å². The molecule has 1 heterocycles. The van der Waals surface area contributed by atoms with E-state index in [4.69, 9.17) is 4.74 Å². The zero-order valence-electron chi connectivity index (χ0n) is 32.2. The predicted molar refractivity (Wildman–Crippen MR) is 201 cm³/mol. The Morgan fingerprint density at radius 2 is 1.75 bits per heavy atom. The highest BCUT2D eigenvalue weighted by molar-refractivity contribution is 6.12. The van der Waals surface area contributed by atoms with Crippen LogP contribution in [-0.2, 0) is 14.3 Å². The summed E-state index contributed by atoms with van der Waals surface area (Å²) in [5.41, 5.74) is 8.00. The maximum atomic E-state index is 14.9. The van der Waals surface area contributed by atoms with Crippen LogP contribution in [-0.4, -0.2) is 40.8 Å². The molecule has 0 spiro atoms. The highest BCUT2D eigenvalue weighted by atomic mass is 16.5. The molecule has 2 N–H and O–H groups in total. The Bertz CT molecular complexity index is 1990. The maximum Gasteiger partial charge on any atom is 0.246 e. The van der Waals surface area contributed by atoms with Crippen molar-refractivity contribution in [1.29, 1.82) is 0 Å². The molecule has 2 saturated carbocycles. The molecule has 1 amide bonds. The van der Waals surface area contributed by atoms with Crippen LogP contribution in [0.1, 0.15) is 139 Å². The summed E-state index contributed by atoms with van der Waals surface area (Å²) in [6.45, 7) is 23.5. The van der Waals surface area contributed by atoms with Gasteiger partial charge in [-0.1, -0.05) is 49.8 Å². The lowest BCUT2D eigenvalue weighted by molar-refractivity contribution is -0.155. The molecule has 0 saturated heterocycles. The van der Waals surface area contributed by atoms with Gasteiger partial charge in [-0.15, -0.1) is 0 Å². The fourth-order valence-electron chi connectivity index (χ4n) is 13.1. The number of hydrogen-bond acceptors (Lipinski definition) is 5. The fourth-order valence-corrected chi connectivity index (χ4v) is 13.1. The molecule has 0 bridgehead atoms. The molecule has 7 aliphatic rings. The molecule has 0 radical (unpaired) electrons. The first kappa shape index (κ1) is 34.7. The normalized spacial score (nSPS) is 39.7. The summed E-state index contributed by atoms with van der Waals surface area (Å²) >= 11 is 0. The molecule has 3 unspecified atom stereocenters. The van der Waals surface area contributed by atoms with E-state index in [9.17, 15) is 19.5 Å². The second-order valence-electron chi connectivity index (χ2n) is 18.7. The SMILES string of the molecule is C=C(C)[C@H]1C(=O)c2c3c(cc4c2[C@@H](O)C2C4=CC(C)(C)OC2(C)C)C2=C(C31)[C@@]1(C)C(CC[C@@H]3[C@]1(C)CCC(=O)[C@@]3(C)/C=C/C=C(\C)C(=O)NC)C2. The van der Waals surface area contributed by atoms with E-state index in [-0.39, 0.29) is 52.0 Å². The Morgan fingerprint density at radius 3 is 2.41 bits per heavy atom. The summed E-state index contributed by atoms with van der Waals surface area (Å²) in [7, 11) is 1.63. The molecule has 51 heavy (non-hydrogen) atoms. The summed E-state index contributed by atoms with van der Waals surface area (Å²) in [5, 5.41) is 14.9. The number of aliphatic hydroxyl groups excluding tert-OH is 1. The van der Waals surface area contributed by atoms with Crippen LogP contribution in [0.5, 0.6) is 0 Å². The monoisotopic (exact) mass is 689 g/mol. The van der Waals surface area contributed by atoms with Gasteiger partial charge in [0.2, 0.25) is 5.91 Å². The van der Waals surface area contributed by atoms with Crippen molar-refractivity contribution in [3.63, 3.8) is 0 Å². The lowest BCUT2D eigenvalue weighted by Gasteiger charge is -2.64. The van der Waals surface area contributed by atoms with Gasteiger partial charge in [0.05, 0.1) is 23.2 Å². The number of carbonyl (C=O) groups excluding carboxylic acids is 3. The van der Waals surface area contributed by atoms with Crippen LogP contribution in [0, 0.1) is 39.9 Å². The average molecular weight is 690 g/mol. The van der Waals surface area contributed by atoms with Gasteiger partial charge >= 0.3 is 0 Å². The van der Waals surface area contributed by atoms with Crippen molar-refractivity contribution in [2.45, 2.75) is 118 Å². The molecule has 0 aromatic heterocycles. The minimum Gasteiger partial charge on any atom is -0.388 e. The lowest BCUT2D eigenvalue weighted by Crippen LogP contribution is -2.59. The topological polar surface area (TPSA) is 92.7 Å². The van der Waals surface area contributed by atoms with E-state index in [0.717, 1.165) is 59.1 Å². The van der Waals surface area contributed by atoms with Crippen molar-refractivity contribution in [3.05, 3.63) is 81.5 Å². The van der Waals surface area contributed by atoms with E-state index in [1.807, 2.05) is 19.1 Å². The van der Waals surface area contributed by atoms with Gasteiger partial charge in [-0.25, -0.2) is 0 Å². The number of amides is 1. The fraction of sp³-hybridized carbons (Fsp3) is 0.578. The second kappa shape index (κ2) is 10.6. The highest BCUT2D eigenvalue weighted by Crippen LogP contribution is 2.77. The molecule has 1 aromatic carbocycles. The molecule has 1 aliphatic heterocycles. The van der Waals surface area contributed by atoms with Gasteiger partial charge in [0.25, 0.3) is 0 Å². The van der Waals surface area contributed by atoms with E-state index >= 15 is 0 Å². The first-order valence-electron chi connectivity index (χ1n) is 19.1. The number of Topliss-reactive ketones (excluding diaryl/α,β-unsaturated/α-hetero) is 2. The third kappa shape index (κ3) is 4.21. The van der Waals surface area contributed by atoms with Crippen LogP contribution in [0.4, 0.5) is 0 Å². The van der Waals surface area contributed by atoms with Crippen molar-refractivity contribution in [3.8, 4) is 0 Å². The molecule has 8 rings (SSSR count).